The van der Waals surface area contributed by atoms with Gasteiger partial charge in [0.15, 0.2) is 6.29 Å². The molecule has 1 aliphatic heterocycles. The summed E-state index contributed by atoms with van der Waals surface area (Å²) in [7, 11) is 1.22. The molecule has 1 saturated carbocycles. The number of esters is 2. The van der Waals surface area contributed by atoms with Crippen LogP contribution in [-0.2, 0) is 28.5 Å². The molecule has 39 heavy (non-hydrogen) atoms. The average molecular weight is 565 g/mol. The van der Waals surface area contributed by atoms with Crippen molar-refractivity contribution in [3.05, 3.63) is 53.6 Å². The van der Waals surface area contributed by atoms with Crippen LogP contribution in [0, 0.1) is 11.8 Å². The van der Waals surface area contributed by atoms with Crippen molar-refractivity contribution in [2.24, 2.45) is 11.8 Å². The number of methoxy groups -OCH3 is 1. The molecule has 8 nitrogen and oxygen atoms in total. The Morgan fingerprint density at radius 3 is 2.59 bits per heavy atom. The van der Waals surface area contributed by atoms with Gasteiger partial charge in [-0.2, -0.15) is 0 Å². The Kier molecular flexibility index (Phi) is 12.8. The molecular formula is C30H41ClO8. The molecule has 0 spiro atoms. The van der Waals surface area contributed by atoms with Crippen LogP contribution in [0.5, 0.6) is 5.75 Å². The zero-order valence-electron chi connectivity index (χ0n) is 22.9. The van der Waals surface area contributed by atoms with E-state index in [1.165, 1.54) is 14.0 Å². The van der Waals surface area contributed by atoms with Crippen LogP contribution in [-0.4, -0.2) is 55.5 Å². The van der Waals surface area contributed by atoms with Gasteiger partial charge in [-0.15, -0.1) is 0 Å². The number of carbonyl (C=O) groups excluding carboxylic acids is 2. The van der Waals surface area contributed by atoms with E-state index < -0.39 is 18.0 Å². The summed E-state index contributed by atoms with van der Waals surface area (Å²) in [5, 5.41) is 11.5. The van der Waals surface area contributed by atoms with Crippen molar-refractivity contribution < 1.29 is 38.4 Å². The van der Waals surface area contributed by atoms with Crippen molar-refractivity contribution in [3.8, 4) is 5.75 Å². The summed E-state index contributed by atoms with van der Waals surface area (Å²) < 4.78 is 27.3. The second-order valence-electron chi connectivity index (χ2n) is 10.0. The Morgan fingerprint density at radius 1 is 1.10 bits per heavy atom. The Balaban J connectivity index is 1.50. The average Bonchev–Trinajstić information content (AvgIpc) is 3.29. The molecule has 1 aliphatic carbocycles. The van der Waals surface area contributed by atoms with Gasteiger partial charge in [0.1, 0.15) is 11.9 Å². The van der Waals surface area contributed by atoms with E-state index in [1.807, 2.05) is 24.3 Å². The summed E-state index contributed by atoms with van der Waals surface area (Å²) in [6.07, 6.45) is 13.6. The van der Waals surface area contributed by atoms with Gasteiger partial charge in [0.05, 0.1) is 13.7 Å². The van der Waals surface area contributed by atoms with Gasteiger partial charge in [-0.3, -0.25) is 4.79 Å². The topological polar surface area (TPSA) is 101 Å². The molecule has 2 unspecified atom stereocenters. The lowest BCUT2D eigenvalue weighted by molar-refractivity contribution is -0.296. The summed E-state index contributed by atoms with van der Waals surface area (Å²) >= 11 is 5.91. The van der Waals surface area contributed by atoms with E-state index in [0.717, 1.165) is 37.9 Å². The second kappa shape index (κ2) is 16.0. The van der Waals surface area contributed by atoms with E-state index in [9.17, 15) is 14.7 Å². The Labute approximate surface area is 236 Å². The molecule has 0 aromatic heterocycles. The summed E-state index contributed by atoms with van der Waals surface area (Å²) in [4.78, 5) is 23.9. The predicted octanol–water partition coefficient (Wildman–Crippen LogP) is 5.75. The van der Waals surface area contributed by atoms with Crippen molar-refractivity contribution in [3.63, 3.8) is 0 Å². The third kappa shape index (κ3) is 10.3. The van der Waals surface area contributed by atoms with E-state index in [1.54, 1.807) is 12.1 Å². The quantitative estimate of drug-likeness (QED) is 0.132. The molecule has 1 heterocycles. The Bertz CT molecular complexity index is 956. The fourth-order valence-electron chi connectivity index (χ4n) is 5.07. The highest BCUT2D eigenvalue weighted by atomic mass is 35.5. The molecule has 1 N–H and O–H groups in total. The first-order valence-corrected chi connectivity index (χ1v) is 14.2. The van der Waals surface area contributed by atoms with Gasteiger partial charge in [0, 0.05) is 30.9 Å². The Morgan fingerprint density at radius 2 is 1.90 bits per heavy atom. The second-order valence-corrected chi connectivity index (χ2v) is 10.4. The maximum atomic E-state index is 12.3. The Hall–Kier alpha value is -2.39. The van der Waals surface area contributed by atoms with E-state index >= 15 is 0 Å². The largest absolute Gasteiger partial charge is 0.493 e. The summed E-state index contributed by atoms with van der Waals surface area (Å²) in [6.45, 7) is 2.53. The monoisotopic (exact) mass is 564 g/mol. The number of benzene rings is 1. The van der Waals surface area contributed by atoms with Crippen molar-refractivity contribution in [2.75, 3.05) is 20.3 Å². The highest BCUT2D eigenvalue weighted by molar-refractivity contribution is 6.30. The number of allylic oxidation sites excluding steroid dienone is 3. The van der Waals surface area contributed by atoms with Crippen LogP contribution in [0.4, 0.5) is 0 Å². The van der Waals surface area contributed by atoms with Gasteiger partial charge >= 0.3 is 11.9 Å². The molecule has 2 fully saturated rings. The third-order valence-electron chi connectivity index (χ3n) is 7.07. The molecule has 9 heteroatoms. The fourth-order valence-corrected chi connectivity index (χ4v) is 5.20. The molecule has 216 valence electrons. The molecule has 1 aromatic carbocycles. The number of rotatable bonds is 14. The van der Waals surface area contributed by atoms with Crippen LogP contribution in [0.25, 0.3) is 0 Å². The molecular weight excluding hydrogens is 524 g/mol. The van der Waals surface area contributed by atoms with Gasteiger partial charge in [0.2, 0.25) is 0 Å². The highest BCUT2D eigenvalue weighted by Gasteiger charge is 2.41. The van der Waals surface area contributed by atoms with Gasteiger partial charge in [-0.05, 0) is 81.5 Å². The smallest absolute Gasteiger partial charge is 0.366 e. The molecule has 0 amide bonds. The van der Waals surface area contributed by atoms with Gasteiger partial charge in [-0.25, -0.2) is 4.79 Å². The number of hydrogen-bond donors (Lipinski definition) is 1. The number of ether oxygens (including phenoxy) is 5. The number of halogens is 1. The van der Waals surface area contributed by atoms with Gasteiger partial charge in [0.25, 0.3) is 5.79 Å². The summed E-state index contributed by atoms with van der Waals surface area (Å²) in [5.41, 5.74) is 0. The van der Waals surface area contributed by atoms with Crippen molar-refractivity contribution in [1.82, 2.24) is 0 Å². The minimum absolute atomic E-state index is 0.0467. The molecule has 5 atom stereocenters. The summed E-state index contributed by atoms with van der Waals surface area (Å²) in [6, 6.07) is 7.29. The number of hydrogen-bond acceptors (Lipinski definition) is 8. The normalized spacial score (nSPS) is 25.0. The van der Waals surface area contributed by atoms with E-state index in [0.29, 0.717) is 37.5 Å². The molecule has 1 aromatic rings. The maximum absolute atomic E-state index is 12.3. The standard InChI is InChI=1S/C30H41ClO8/c1-22(32)38-27-18-13-23(10-5-8-20-36-25-16-14-24(31)15-17-25)26(27)11-4-3-7-19-30(34,29(33)35-2)39-28-12-6-9-21-37-28/h3-5,10,14-17,23,26-28,34H,6-9,11-13,18-21H2,1-2H3/t23-,26+,27-,28?,30?/m0/s1. The zero-order valence-corrected chi connectivity index (χ0v) is 23.6. The first-order valence-electron chi connectivity index (χ1n) is 13.8. The van der Waals surface area contributed by atoms with E-state index in [2.05, 4.69) is 12.2 Å². The first-order chi connectivity index (χ1) is 18.8. The third-order valence-corrected chi connectivity index (χ3v) is 7.32. The molecule has 2 aliphatic rings. The lowest BCUT2D eigenvalue weighted by Gasteiger charge is -2.31. The zero-order chi connectivity index (χ0) is 28.1. The maximum Gasteiger partial charge on any atom is 0.366 e. The molecule has 0 radical (unpaired) electrons. The van der Waals surface area contributed by atoms with Crippen LogP contribution in [0.2, 0.25) is 5.02 Å². The minimum atomic E-state index is -2.06. The van der Waals surface area contributed by atoms with Crippen molar-refractivity contribution >= 4 is 23.5 Å². The van der Waals surface area contributed by atoms with Gasteiger partial charge in [-0.1, -0.05) is 35.9 Å². The number of aliphatic hydroxyl groups is 1. The van der Waals surface area contributed by atoms with E-state index in [-0.39, 0.29) is 30.3 Å². The number of carbonyl (C=O) groups is 2. The first kappa shape index (κ1) is 31.1. The van der Waals surface area contributed by atoms with Crippen LogP contribution < -0.4 is 4.74 Å². The van der Waals surface area contributed by atoms with Crippen LogP contribution in [0.15, 0.2) is 48.6 Å². The molecule has 0 bridgehead atoms. The van der Waals surface area contributed by atoms with Crippen LogP contribution in [0.3, 0.4) is 0 Å². The highest BCUT2D eigenvalue weighted by Crippen LogP contribution is 2.38. The minimum Gasteiger partial charge on any atom is -0.493 e. The van der Waals surface area contributed by atoms with Crippen molar-refractivity contribution in [1.29, 1.82) is 0 Å². The van der Waals surface area contributed by atoms with Crippen LogP contribution >= 0.6 is 11.6 Å². The van der Waals surface area contributed by atoms with Crippen LogP contribution in [0.1, 0.15) is 64.7 Å². The lowest BCUT2D eigenvalue weighted by Crippen LogP contribution is -2.46. The summed E-state index contributed by atoms with van der Waals surface area (Å²) in [5.74, 6) is -1.98. The van der Waals surface area contributed by atoms with Crippen molar-refractivity contribution in [2.45, 2.75) is 82.9 Å². The SMILES string of the molecule is COC(=O)C(O)(CCC=CC[C@H]1[C@@H](OC(C)=O)CC[C@@H]1C=CCCOc1ccc(Cl)cc1)OC1CCCCO1. The lowest BCUT2D eigenvalue weighted by atomic mass is 9.90. The predicted molar refractivity (Wildman–Crippen MR) is 147 cm³/mol. The van der Waals surface area contributed by atoms with E-state index in [4.69, 9.17) is 35.3 Å². The molecule has 3 rings (SSSR count). The van der Waals surface area contributed by atoms with Gasteiger partial charge < -0.3 is 28.8 Å². The molecule has 1 saturated heterocycles. The fraction of sp³-hybridized carbons (Fsp3) is 0.600.